The van der Waals surface area contributed by atoms with E-state index < -0.39 is 20.2 Å². The summed E-state index contributed by atoms with van der Waals surface area (Å²) < 4.78 is 78.3. The van der Waals surface area contributed by atoms with Crippen molar-refractivity contribution in [1.29, 1.82) is 0 Å². The number of quaternary nitrogens is 1. The average molecular weight is 742 g/mol. The molecule has 3 aromatic rings. The minimum Gasteiger partial charge on any atom is -0.497 e. The van der Waals surface area contributed by atoms with Crippen LogP contribution in [0.2, 0.25) is 0 Å². The molecule has 264 valence electrons. The van der Waals surface area contributed by atoms with Crippen LogP contribution < -0.4 is 18.9 Å². The molecule has 0 fully saturated rings. The van der Waals surface area contributed by atoms with Gasteiger partial charge < -0.3 is 14.4 Å². The van der Waals surface area contributed by atoms with Gasteiger partial charge in [0.05, 0.1) is 42.5 Å². The van der Waals surface area contributed by atoms with E-state index in [0.29, 0.717) is 57.1 Å². The lowest BCUT2D eigenvalue weighted by molar-refractivity contribution is -1.08. The van der Waals surface area contributed by atoms with Crippen molar-refractivity contribution < 1.29 is 44.4 Å². The summed E-state index contributed by atoms with van der Waals surface area (Å²) >= 11 is 3.21. The number of rotatable bonds is 18. The standard InChI is InChI=1S/C33H46N3O8S4/c1-7-25(21-32-34(17-11-19-47(37,38)39)28-23-26(42-5)13-15-30(28)45-32)22-33-35(29-24-27(43-6)14-16-31(29)46-33)18-12-20-48(40,41)44-36(8-2,9-3)10-4/h13-16,21-24H,7-12,17-20H2,1-6H3/q+1/p+1. The highest BCUT2D eigenvalue weighted by molar-refractivity contribution is 8.03. The molecule has 0 saturated carbocycles. The molecule has 0 saturated heterocycles. The zero-order valence-electron chi connectivity index (χ0n) is 28.5. The van der Waals surface area contributed by atoms with Gasteiger partial charge in [-0.15, -0.1) is 0 Å². The summed E-state index contributed by atoms with van der Waals surface area (Å²) in [6, 6.07) is 11.7. The Morgan fingerprint density at radius 3 is 2.23 bits per heavy atom. The monoisotopic (exact) mass is 741 g/mol. The molecular formula is C33H47N3O8S4+2. The minimum absolute atomic E-state index is 0.0675. The molecule has 2 heterocycles. The van der Waals surface area contributed by atoms with Crippen LogP contribution >= 0.6 is 23.1 Å². The number of allylic oxidation sites excluding steroid dienone is 2. The van der Waals surface area contributed by atoms with Crippen molar-refractivity contribution in [3.05, 3.63) is 58.1 Å². The predicted octanol–water partition coefficient (Wildman–Crippen LogP) is 6.26. The maximum Gasteiger partial charge on any atom is 0.314 e. The lowest BCUT2D eigenvalue weighted by Gasteiger charge is -2.31. The third-order valence-corrected chi connectivity index (χ3v) is 12.8. The second kappa shape index (κ2) is 16.4. The number of ether oxygens (including phenoxy) is 2. The number of thiazole rings is 1. The smallest absolute Gasteiger partial charge is 0.314 e. The van der Waals surface area contributed by atoms with Crippen LogP contribution in [0.5, 0.6) is 11.5 Å². The number of benzene rings is 2. The third kappa shape index (κ3) is 9.52. The van der Waals surface area contributed by atoms with Crippen LogP contribution in [0.3, 0.4) is 0 Å². The summed E-state index contributed by atoms with van der Waals surface area (Å²) in [6.45, 7) is 10.4. The van der Waals surface area contributed by atoms with Gasteiger partial charge in [0.25, 0.3) is 15.1 Å². The number of anilines is 1. The zero-order chi connectivity index (χ0) is 35.1. The van der Waals surface area contributed by atoms with Crippen LogP contribution in [0.1, 0.15) is 52.0 Å². The van der Waals surface area contributed by atoms with Gasteiger partial charge in [-0.1, -0.05) is 34.3 Å². The Morgan fingerprint density at radius 2 is 1.60 bits per heavy atom. The first kappa shape index (κ1) is 38.1. The number of hydrogen-bond donors (Lipinski definition) is 1. The van der Waals surface area contributed by atoms with E-state index in [1.807, 2.05) is 57.2 Å². The molecule has 48 heavy (non-hydrogen) atoms. The van der Waals surface area contributed by atoms with E-state index in [2.05, 4.69) is 28.5 Å². The highest BCUT2D eigenvalue weighted by Crippen LogP contribution is 2.48. The number of fused-ring (bicyclic) bond motifs is 2. The molecule has 0 aliphatic carbocycles. The van der Waals surface area contributed by atoms with Crippen LogP contribution in [0.25, 0.3) is 16.3 Å². The SMILES string of the molecule is CCC(/C=C1\Sc2ccc(OC)cc2N1CCCS(=O)(=O)O[N+](CC)(CC)CC)=C\c1sc2ccc(OC)cc2[n+]1CCCS(=O)(=O)O. The van der Waals surface area contributed by atoms with E-state index in [-0.39, 0.29) is 22.6 Å². The molecule has 1 aromatic heterocycles. The van der Waals surface area contributed by atoms with Crippen molar-refractivity contribution in [2.45, 2.75) is 58.4 Å². The summed E-state index contributed by atoms with van der Waals surface area (Å²) in [7, 11) is -4.63. The first-order chi connectivity index (χ1) is 22.8. The molecule has 0 bridgehead atoms. The number of nitrogens with zero attached hydrogens (tertiary/aromatic N) is 3. The molecule has 11 nitrogen and oxygen atoms in total. The van der Waals surface area contributed by atoms with E-state index in [4.69, 9.17) is 13.8 Å². The number of methoxy groups -OCH3 is 2. The minimum atomic E-state index is -4.09. The highest BCUT2D eigenvalue weighted by atomic mass is 32.2. The van der Waals surface area contributed by atoms with E-state index in [0.717, 1.165) is 36.4 Å². The fourth-order valence-electron chi connectivity index (χ4n) is 5.57. The lowest BCUT2D eigenvalue weighted by Crippen LogP contribution is -2.49. The molecule has 0 atom stereocenters. The Morgan fingerprint density at radius 1 is 0.938 bits per heavy atom. The van der Waals surface area contributed by atoms with E-state index in [1.54, 1.807) is 37.3 Å². The predicted molar refractivity (Wildman–Crippen MR) is 194 cm³/mol. The first-order valence-corrected chi connectivity index (χ1v) is 20.9. The number of thioether (sulfide) groups is 1. The number of hydrogen-bond acceptors (Lipinski definition) is 10. The number of aryl methyl sites for hydroxylation is 1. The van der Waals surface area contributed by atoms with Crippen molar-refractivity contribution in [1.82, 2.24) is 0 Å². The molecule has 1 N–H and O–H groups in total. The molecule has 4 rings (SSSR count). The largest absolute Gasteiger partial charge is 0.497 e. The summed E-state index contributed by atoms with van der Waals surface area (Å²) in [5.41, 5.74) is 2.91. The topological polar surface area (TPSA) is 123 Å². The lowest BCUT2D eigenvalue weighted by atomic mass is 10.2. The van der Waals surface area contributed by atoms with Crippen LogP contribution in [-0.2, 0) is 31.1 Å². The van der Waals surface area contributed by atoms with Crippen LogP contribution in [0, 0.1) is 0 Å². The summed E-state index contributed by atoms with van der Waals surface area (Å²) in [4.78, 5) is 3.18. The molecule has 1 aliphatic heterocycles. The van der Waals surface area contributed by atoms with Crippen molar-refractivity contribution in [3.8, 4) is 11.5 Å². The second-order valence-electron chi connectivity index (χ2n) is 11.4. The Labute approximate surface area is 293 Å². The van der Waals surface area contributed by atoms with Gasteiger partial charge in [-0.25, -0.2) is 0 Å². The van der Waals surface area contributed by atoms with Crippen molar-refractivity contribution in [2.24, 2.45) is 0 Å². The fraction of sp³-hybridized carbons (Fsp3) is 0.485. The Kier molecular flexibility index (Phi) is 13.0. The zero-order valence-corrected chi connectivity index (χ0v) is 31.7. The molecule has 0 spiro atoms. The van der Waals surface area contributed by atoms with Gasteiger partial charge in [0, 0.05) is 30.0 Å². The second-order valence-corrected chi connectivity index (χ2v) is 16.8. The molecule has 0 amide bonds. The number of aromatic nitrogens is 1. The van der Waals surface area contributed by atoms with Gasteiger partial charge in [0.1, 0.15) is 35.8 Å². The molecule has 1 aliphatic rings. The molecular weight excluding hydrogens is 695 g/mol. The van der Waals surface area contributed by atoms with Gasteiger partial charge in [-0.05, 0) is 69.5 Å². The fourth-order valence-corrected chi connectivity index (χ4v) is 9.71. The third-order valence-electron chi connectivity index (χ3n) is 8.46. The van der Waals surface area contributed by atoms with E-state index in [1.165, 1.54) is 0 Å². The van der Waals surface area contributed by atoms with Gasteiger partial charge >= 0.3 is 10.1 Å². The summed E-state index contributed by atoms with van der Waals surface area (Å²) in [6.07, 6.45) is 5.56. The first-order valence-electron chi connectivity index (χ1n) is 16.1. The molecule has 2 aromatic carbocycles. The van der Waals surface area contributed by atoms with Crippen LogP contribution in [0.15, 0.2) is 58.0 Å². The van der Waals surface area contributed by atoms with E-state index >= 15 is 0 Å². The van der Waals surface area contributed by atoms with Crippen LogP contribution in [-0.4, -0.2) is 77.9 Å². The molecule has 15 heteroatoms. The van der Waals surface area contributed by atoms with Gasteiger partial charge in [0.15, 0.2) is 6.54 Å². The molecule has 0 radical (unpaired) electrons. The number of hydroxylamine groups is 3. The normalized spacial score (nSPS) is 15.0. The van der Waals surface area contributed by atoms with Gasteiger partial charge in [-0.3, -0.25) is 4.55 Å². The van der Waals surface area contributed by atoms with E-state index in [9.17, 15) is 21.4 Å². The highest BCUT2D eigenvalue weighted by Gasteiger charge is 2.32. The summed E-state index contributed by atoms with van der Waals surface area (Å²) in [5, 5.41) is 1.90. The Balaban J connectivity index is 1.67. The Hall–Kier alpha value is -2.66. The van der Waals surface area contributed by atoms with Crippen molar-refractivity contribution >= 4 is 65.3 Å². The van der Waals surface area contributed by atoms with Crippen molar-refractivity contribution in [2.75, 3.05) is 56.8 Å². The average Bonchev–Trinajstić information content (AvgIpc) is 3.58. The maximum atomic E-state index is 13.1. The maximum absolute atomic E-state index is 13.1. The molecule has 0 unspecified atom stereocenters. The quantitative estimate of drug-likeness (QED) is 0.0692. The van der Waals surface area contributed by atoms with Gasteiger partial charge in [0.2, 0.25) is 5.52 Å². The van der Waals surface area contributed by atoms with Gasteiger partial charge in [-0.2, -0.15) is 26.0 Å². The van der Waals surface area contributed by atoms with Crippen molar-refractivity contribution in [3.63, 3.8) is 0 Å². The van der Waals surface area contributed by atoms with Crippen LogP contribution in [0.4, 0.5) is 5.69 Å². The summed E-state index contributed by atoms with van der Waals surface area (Å²) in [5.74, 6) is 0.967. The Bertz CT molecular complexity index is 1860.